The lowest BCUT2D eigenvalue weighted by Gasteiger charge is -2.35. The second kappa shape index (κ2) is 8.54. The number of nitro groups is 1. The van der Waals surface area contributed by atoms with Crippen LogP contribution in [0.25, 0.3) is 10.8 Å². The summed E-state index contributed by atoms with van der Waals surface area (Å²) in [5.74, 6) is 1.38. The second-order valence-corrected chi connectivity index (χ2v) is 7.65. The lowest BCUT2D eigenvalue weighted by atomic mass is 10.0. The molecule has 9 heteroatoms. The van der Waals surface area contributed by atoms with E-state index in [0.717, 1.165) is 41.8 Å². The Labute approximate surface area is 184 Å². The maximum atomic E-state index is 10.8. The maximum Gasteiger partial charge on any atom is 0.305 e. The fourth-order valence-electron chi connectivity index (χ4n) is 3.99. The molecule has 1 fully saturated rings. The van der Waals surface area contributed by atoms with Gasteiger partial charge in [-0.25, -0.2) is 9.97 Å². The van der Waals surface area contributed by atoms with Crippen LogP contribution in [0.4, 0.5) is 17.5 Å². The lowest BCUT2D eigenvalue weighted by Crippen LogP contribution is -2.47. The summed E-state index contributed by atoms with van der Waals surface area (Å²) >= 11 is 0. The molecule has 0 amide bonds. The van der Waals surface area contributed by atoms with Crippen LogP contribution in [0.3, 0.4) is 0 Å². The first kappa shape index (κ1) is 19.8. The number of aromatic nitrogens is 4. The Morgan fingerprint density at radius 3 is 2.12 bits per heavy atom. The van der Waals surface area contributed by atoms with Crippen molar-refractivity contribution < 1.29 is 4.92 Å². The van der Waals surface area contributed by atoms with Crippen LogP contribution in [0.2, 0.25) is 0 Å². The van der Waals surface area contributed by atoms with Gasteiger partial charge in [-0.2, -0.15) is 5.10 Å². The molecule has 4 aromatic rings. The van der Waals surface area contributed by atoms with Gasteiger partial charge in [0.25, 0.3) is 0 Å². The van der Waals surface area contributed by atoms with Crippen LogP contribution in [0.5, 0.6) is 0 Å². The van der Waals surface area contributed by atoms with Gasteiger partial charge in [0.2, 0.25) is 5.95 Å². The summed E-state index contributed by atoms with van der Waals surface area (Å²) in [7, 11) is 0. The van der Waals surface area contributed by atoms with E-state index in [-0.39, 0.29) is 5.69 Å². The summed E-state index contributed by atoms with van der Waals surface area (Å²) in [5.41, 5.74) is 2.06. The predicted molar refractivity (Wildman–Crippen MR) is 122 cm³/mol. The fraction of sp³-hybridized carbons (Fsp3) is 0.217. The average Bonchev–Trinajstić information content (AvgIpc) is 2.85. The van der Waals surface area contributed by atoms with Gasteiger partial charge in [0, 0.05) is 43.4 Å². The first-order chi connectivity index (χ1) is 15.7. The van der Waals surface area contributed by atoms with Gasteiger partial charge in [0.05, 0.1) is 10.6 Å². The molecule has 0 N–H and O–H groups in total. The Morgan fingerprint density at radius 2 is 1.44 bits per heavy atom. The van der Waals surface area contributed by atoms with Crippen LogP contribution in [0, 0.1) is 10.1 Å². The predicted octanol–water partition coefficient (Wildman–Crippen LogP) is 3.25. The second-order valence-electron chi connectivity index (χ2n) is 7.65. The Kier molecular flexibility index (Phi) is 5.29. The van der Waals surface area contributed by atoms with Crippen molar-refractivity contribution in [3.05, 3.63) is 88.4 Å². The highest BCUT2D eigenvalue weighted by molar-refractivity contribution is 5.93. The van der Waals surface area contributed by atoms with E-state index in [9.17, 15) is 10.1 Å². The Morgan fingerprint density at radius 1 is 0.812 bits per heavy atom. The molecule has 0 bridgehead atoms. The molecule has 2 aromatic heterocycles. The van der Waals surface area contributed by atoms with Gasteiger partial charge in [0.15, 0.2) is 5.82 Å². The van der Waals surface area contributed by atoms with Crippen molar-refractivity contribution in [3.63, 3.8) is 0 Å². The molecule has 0 unspecified atom stereocenters. The van der Waals surface area contributed by atoms with Gasteiger partial charge >= 0.3 is 5.69 Å². The molecule has 2 aromatic carbocycles. The van der Waals surface area contributed by atoms with E-state index in [1.54, 1.807) is 0 Å². The molecule has 32 heavy (non-hydrogen) atoms. The summed E-state index contributed by atoms with van der Waals surface area (Å²) in [6.07, 6.45) is 3.23. The van der Waals surface area contributed by atoms with Crippen LogP contribution < -0.4 is 9.80 Å². The number of piperazine rings is 1. The smallest absolute Gasteiger partial charge is 0.305 e. The third kappa shape index (κ3) is 3.92. The minimum atomic E-state index is -0.493. The van der Waals surface area contributed by atoms with E-state index < -0.39 is 4.92 Å². The van der Waals surface area contributed by atoms with Crippen LogP contribution >= 0.6 is 0 Å². The molecule has 1 saturated heterocycles. The molecule has 9 nitrogen and oxygen atoms in total. The summed E-state index contributed by atoms with van der Waals surface area (Å²) in [5, 5.41) is 22.2. The molecule has 0 aliphatic carbocycles. The number of hydrogen-bond acceptors (Lipinski definition) is 8. The number of anilines is 2. The number of hydrogen-bond donors (Lipinski definition) is 0. The van der Waals surface area contributed by atoms with Crippen molar-refractivity contribution in [1.82, 2.24) is 20.2 Å². The molecule has 0 atom stereocenters. The SMILES string of the molecule is O=[N+]([O-])c1cnc(N2CCN(c3nnc(Cc4ccccc4)c4ccccc34)CC2)nc1. The average molecular weight is 427 g/mol. The van der Waals surface area contributed by atoms with E-state index >= 15 is 0 Å². The van der Waals surface area contributed by atoms with Crippen molar-refractivity contribution in [2.45, 2.75) is 6.42 Å². The molecule has 160 valence electrons. The summed E-state index contributed by atoms with van der Waals surface area (Å²) in [6.45, 7) is 2.85. The lowest BCUT2D eigenvalue weighted by molar-refractivity contribution is -0.385. The van der Waals surface area contributed by atoms with Gasteiger partial charge in [-0.15, -0.1) is 5.10 Å². The highest BCUT2D eigenvalue weighted by Gasteiger charge is 2.23. The van der Waals surface area contributed by atoms with Crippen LogP contribution in [-0.4, -0.2) is 51.3 Å². The largest absolute Gasteiger partial charge is 0.351 e. The summed E-state index contributed by atoms with van der Waals surface area (Å²) in [4.78, 5) is 22.9. The topological polar surface area (TPSA) is 101 Å². The molecule has 1 aliphatic rings. The first-order valence-corrected chi connectivity index (χ1v) is 10.4. The molecule has 1 aliphatic heterocycles. The van der Waals surface area contributed by atoms with Gasteiger partial charge in [-0.05, 0) is 5.56 Å². The maximum absolute atomic E-state index is 10.8. The minimum absolute atomic E-state index is 0.107. The number of nitrogens with zero attached hydrogens (tertiary/aromatic N) is 7. The standard InChI is InChI=1S/C23H21N7O2/c31-30(32)18-15-24-23(25-16-18)29-12-10-28(11-13-29)22-20-9-5-4-8-19(20)21(26-27-22)14-17-6-2-1-3-7-17/h1-9,15-16H,10-14H2. The van der Waals surface area contributed by atoms with Crippen molar-refractivity contribution in [2.24, 2.45) is 0 Å². The quantitative estimate of drug-likeness (QED) is 0.353. The van der Waals surface area contributed by atoms with Gasteiger partial charge in [-0.1, -0.05) is 54.6 Å². The van der Waals surface area contributed by atoms with Crippen molar-refractivity contribution in [1.29, 1.82) is 0 Å². The molecule has 3 heterocycles. The molecule has 0 spiro atoms. The summed E-state index contributed by atoms with van der Waals surface area (Å²) < 4.78 is 0. The number of fused-ring (bicyclic) bond motifs is 1. The Hall–Kier alpha value is -4.14. The van der Waals surface area contributed by atoms with E-state index in [0.29, 0.717) is 19.0 Å². The first-order valence-electron chi connectivity index (χ1n) is 10.4. The Bertz CT molecular complexity index is 1240. The molecule has 5 rings (SSSR count). The zero-order valence-electron chi connectivity index (χ0n) is 17.3. The van der Waals surface area contributed by atoms with Crippen LogP contribution in [-0.2, 0) is 6.42 Å². The van der Waals surface area contributed by atoms with Crippen LogP contribution in [0.15, 0.2) is 67.0 Å². The molecule has 0 saturated carbocycles. The minimum Gasteiger partial charge on any atom is -0.351 e. The monoisotopic (exact) mass is 427 g/mol. The zero-order valence-corrected chi connectivity index (χ0v) is 17.3. The van der Waals surface area contributed by atoms with Gasteiger partial charge < -0.3 is 9.80 Å². The number of benzene rings is 2. The van der Waals surface area contributed by atoms with Crippen molar-refractivity contribution in [3.8, 4) is 0 Å². The van der Waals surface area contributed by atoms with Crippen molar-refractivity contribution >= 4 is 28.2 Å². The van der Waals surface area contributed by atoms with Gasteiger partial charge in [-0.3, -0.25) is 10.1 Å². The normalized spacial score (nSPS) is 14.0. The molecular formula is C23H21N7O2. The highest BCUT2D eigenvalue weighted by Crippen LogP contribution is 2.28. The Balaban J connectivity index is 1.35. The van der Waals surface area contributed by atoms with Crippen molar-refractivity contribution in [2.75, 3.05) is 36.0 Å². The fourth-order valence-corrected chi connectivity index (χ4v) is 3.99. The van der Waals surface area contributed by atoms with Gasteiger partial charge in [0.1, 0.15) is 12.4 Å². The zero-order chi connectivity index (χ0) is 21.9. The van der Waals surface area contributed by atoms with E-state index in [4.69, 9.17) is 0 Å². The van der Waals surface area contributed by atoms with E-state index in [1.807, 2.05) is 35.2 Å². The highest BCUT2D eigenvalue weighted by atomic mass is 16.6. The van der Waals surface area contributed by atoms with Crippen LogP contribution in [0.1, 0.15) is 11.3 Å². The molecule has 0 radical (unpaired) electrons. The third-order valence-corrected chi connectivity index (χ3v) is 5.66. The third-order valence-electron chi connectivity index (χ3n) is 5.66. The van der Waals surface area contributed by atoms with E-state index in [2.05, 4.69) is 49.3 Å². The molecular weight excluding hydrogens is 406 g/mol. The summed E-state index contributed by atoms with van der Waals surface area (Å²) in [6, 6.07) is 18.5. The number of rotatable bonds is 5. The van der Waals surface area contributed by atoms with E-state index in [1.165, 1.54) is 18.0 Å².